The van der Waals surface area contributed by atoms with Gasteiger partial charge in [-0.15, -0.1) is 0 Å². The molecule has 0 spiro atoms. The van der Waals surface area contributed by atoms with Crippen LogP contribution in [0.1, 0.15) is 27.9 Å². The minimum atomic E-state index is -0.808. The molecule has 0 radical (unpaired) electrons. The van der Waals surface area contributed by atoms with E-state index >= 15 is 0 Å². The average Bonchev–Trinajstić information content (AvgIpc) is 2.77. The molecule has 7 heteroatoms. The topological polar surface area (TPSA) is 112 Å². The van der Waals surface area contributed by atoms with Crippen molar-refractivity contribution in [2.75, 3.05) is 11.1 Å². The van der Waals surface area contributed by atoms with E-state index in [0.717, 1.165) is 22.9 Å². The number of benzene rings is 2. The number of carbonyl (C=O) groups is 2. The molecule has 0 saturated heterocycles. The van der Waals surface area contributed by atoms with Gasteiger partial charge in [0, 0.05) is 30.6 Å². The van der Waals surface area contributed by atoms with Crippen LogP contribution in [-0.4, -0.2) is 27.9 Å². The summed E-state index contributed by atoms with van der Waals surface area (Å²) in [7, 11) is 0. The number of amides is 2. The molecule has 0 bridgehead atoms. The fourth-order valence-electron chi connectivity index (χ4n) is 3.24. The molecule has 1 aromatic heterocycles. The van der Waals surface area contributed by atoms with Crippen LogP contribution in [0.2, 0.25) is 0 Å². The van der Waals surface area contributed by atoms with Gasteiger partial charge in [-0.3, -0.25) is 14.6 Å². The highest BCUT2D eigenvalue weighted by Gasteiger charge is 2.24. The molecule has 1 heterocycles. The van der Waals surface area contributed by atoms with Crippen molar-refractivity contribution in [3.05, 3.63) is 88.7 Å². The third-order valence-corrected chi connectivity index (χ3v) is 5.07. The maximum atomic E-state index is 13.1. The van der Waals surface area contributed by atoms with E-state index in [4.69, 9.17) is 11.1 Å². The number of nitrogens with one attached hydrogen (secondary N) is 2. The summed E-state index contributed by atoms with van der Waals surface area (Å²) in [6, 6.07) is 17.3. The molecule has 0 fully saturated rings. The second-order valence-corrected chi connectivity index (χ2v) is 7.26. The highest BCUT2D eigenvalue weighted by atomic mass is 16.2. The van der Waals surface area contributed by atoms with Crippen molar-refractivity contribution in [3.8, 4) is 0 Å². The van der Waals surface area contributed by atoms with Gasteiger partial charge in [-0.1, -0.05) is 54.6 Å². The first-order valence-corrected chi connectivity index (χ1v) is 9.85. The Morgan fingerprint density at radius 3 is 2.42 bits per heavy atom. The summed E-state index contributed by atoms with van der Waals surface area (Å²) in [5, 5.41) is 10.1. The Bertz CT molecular complexity index is 1110. The number of nitrogen functional groups attached to an aromatic ring is 1. The van der Waals surface area contributed by atoms with Gasteiger partial charge in [0.1, 0.15) is 0 Å². The summed E-state index contributed by atoms with van der Waals surface area (Å²) in [5.41, 5.74) is 10.4. The summed E-state index contributed by atoms with van der Waals surface area (Å²) in [6.07, 6.45) is 2.47. The third kappa shape index (κ3) is 5.14. The molecule has 158 valence electrons. The molecule has 2 aromatic carbocycles. The number of rotatable bonds is 6. The molecule has 0 aliphatic carbocycles. The van der Waals surface area contributed by atoms with E-state index in [1.54, 1.807) is 6.92 Å². The van der Waals surface area contributed by atoms with Gasteiger partial charge in [0.2, 0.25) is 0 Å². The van der Waals surface area contributed by atoms with Crippen LogP contribution in [0.15, 0.2) is 60.8 Å². The van der Waals surface area contributed by atoms with E-state index in [1.165, 1.54) is 11.1 Å². The predicted molar refractivity (Wildman–Crippen MR) is 122 cm³/mol. The van der Waals surface area contributed by atoms with Gasteiger partial charge in [-0.05, 0) is 30.5 Å². The van der Waals surface area contributed by atoms with Crippen molar-refractivity contribution in [1.82, 2.24) is 9.88 Å². The van der Waals surface area contributed by atoms with Crippen LogP contribution < -0.4 is 11.1 Å². The largest absolute Gasteiger partial charge is 0.396 e. The average molecular weight is 415 g/mol. The summed E-state index contributed by atoms with van der Waals surface area (Å²) >= 11 is 0. The maximum absolute atomic E-state index is 13.1. The SMILES string of the molecule is Cc1ccccc1CN(Cc1ccccc1)C(=O)C(=O)Nc1cnc(C)c(C=N)c1N. The maximum Gasteiger partial charge on any atom is 0.314 e. The summed E-state index contributed by atoms with van der Waals surface area (Å²) in [5.74, 6) is -1.48. The molecule has 0 saturated carbocycles. The van der Waals surface area contributed by atoms with E-state index in [9.17, 15) is 9.59 Å². The minimum Gasteiger partial charge on any atom is -0.396 e. The zero-order valence-electron chi connectivity index (χ0n) is 17.6. The number of carbonyl (C=O) groups excluding carboxylic acids is 2. The van der Waals surface area contributed by atoms with E-state index in [0.29, 0.717) is 17.8 Å². The van der Waals surface area contributed by atoms with E-state index in [1.807, 2.05) is 61.5 Å². The molecule has 31 heavy (non-hydrogen) atoms. The lowest BCUT2D eigenvalue weighted by Crippen LogP contribution is -2.39. The number of nitrogens with zero attached hydrogens (tertiary/aromatic N) is 2. The lowest BCUT2D eigenvalue weighted by molar-refractivity contribution is -0.144. The molecule has 0 unspecified atom stereocenters. The van der Waals surface area contributed by atoms with Gasteiger partial charge >= 0.3 is 11.8 Å². The number of aromatic nitrogens is 1. The van der Waals surface area contributed by atoms with Crippen molar-refractivity contribution < 1.29 is 9.59 Å². The molecule has 0 atom stereocenters. The number of pyridine rings is 1. The number of hydrogen-bond acceptors (Lipinski definition) is 5. The molecule has 7 nitrogen and oxygen atoms in total. The Kier molecular flexibility index (Phi) is 6.77. The van der Waals surface area contributed by atoms with E-state index in [-0.39, 0.29) is 17.9 Å². The van der Waals surface area contributed by atoms with Crippen LogP contribution in [0.5, 0.6) is 0 Å². The number of anilines is 2. The second-order valence-electron chi connectivity index (χ2n) is 7.26. The Morgan fingerprint density at radius 2 is 1.74 bits per heavy atom. The summed E-state index contributed by atoms with van der Waals surface area (Å²) < 4.78 is 0. The fourth-order valence-corrected chi connectivity index (χ4v) is 3.24. The van der Waals surface area contributed by atoms with Crippen LogP contribution in [0.4, 0.5) is 11.4 Å². The third-order valence-electron chi connectivity index (χ3n) is 5.07. The summed E-state index contributed by atoms with van der Waals surface area (Å²) in [6.45, 7) is 4.27. The fraction of sp³-hybridized carbons (Fsp3) is 0.167. The first-order chi connectivity index (χ1) is 14.9. The zero-order valence-corrected chi connectivity index (χ0v) is 17.6. The molecule has 3 aromatic rings. The number of aryl methyl sites for hydroxylation is 2. The highest BCUT2D eigenvalue weighted by Crippen LogP contribution is 2.23. The predicted octanol–water partition coefficient (Wildman–Crippen LogP) is 3.45. The van der Waals surface area contributed by atoms with E-state index < -0.39 is 11.8 Å². The first-order valence-electron chi connectivity index (χ1n) is 9.85. The van der Waals surface area contributed by atoms with Gasteiger partial charge in [-0.2, -0.15) is 0 Å². The number of nitrogens with two attached hydrogens (primary N) is 1. The number of hydrogen-bond donors (Lipinski definition) is 3. The van der Waals surface area contributed by atoms with Crippen molar-refractivity contribution >= 4 is 29.4 Å². The van der Waals surface area contributed by atoms with Gasteiger partial charge < -0.3 is 21.4 Å². The molecule has 4 N–H and O–H groups in total. The zero-order chi connectivity index (χ0) is 22.4. The van der Waals surface area contributed by atoms with Crippen molar-refractivity contribution in [3.63, 3.8) is 0 Å². The molecular formula is C24H25N5O2. The van der Waals surface area contributed by atoms with Crippen molar-refractivity contribution in [1.29, 1.82) is 5.41 Å². The molecule has 3 rings (SSSR count). The van der Waals surface area contributed by atoms with Crippen LogP contribution in [0.25, 0.3) is 0 Å². The van der Waals surface area contributed by atoms with Gasteiger partial charge in [0.15, 0.2) is 0 Å². The van der Waals surface area contributed by atoms with Gasteiger partial charge in [-0.25, -0.2) is 0 Å². The monoisotopic (exact) mass is 415 g/mol. The Hall–Kier alpha value is -4.00. The van der Waals surface area contributed by atoms with E-state index in [2.05, 4.69) is 10.3 Å². The normalized spacial score (nSPS) is 10.4. The lowest BCUT2D eigenvalue weighted by atomic mass is 10.1. The van der Waals surface area contributed by atoms with Crippen LogP contribution in [0.3, 0.4) is 0 Å². The van der Waals surface area contributed by atoms with Gasteiger partial charge in [0.05, 0.1) is 17.6 Å². The Balaban J connectivity index is 1.86. The van der Waals surface area contributed by atoms with Crippen LogP contribution >= 0.6 is 0 Å². The highest BCUT2D eigenvalue weighted by molar-refractivity contribution is 6.39. The standard InChI is InChI=1S/C24H25N5O2/c1-16-8-6-7-11-19(16)15-29(14-18-9-4-3-5-10-18)24(31)23(30)28-21-13-27-17(2)20(12-25)22(21)26/h3-13,25H,14-15H2,1-2H3,(H2,26,27)(H,28,30). The van der Waals surface area contributed by atoms with Crippen molar-refractivity contribution in [2.45, 2.75) is 26.9 Å². The Labute approximate surface area is 181 Å². The van der Waals surface area contributed by atoms with Crippen LogP contribution in [0, 0.1) is 19.3 Å². The molecular weight excluding hydrogens is 390 g/mol. The molecule has 2 amide bonds. The van der Waals surface area contributed by atoms with Crippen molar-refractivity contribution in [2.24, 2.45) is 0 Å². The van der Waals surface area contributed by atoms with Gasteiger partial charge in [0.25, 0.3) is 0 Å². The first kappa shape index (κ1) is 21.7. The molecule has 0 aliphatic rings. The molecule has 0 aliphatic heterocycles. The quantitative estimate of drug-likeness (QED) is 0.423. The summed E-state index contributed by atoms with van der Waals surface area (Å²) in [4.78, 5) is 31.6. The lowest BCUT2D eigenvalue weighted by Gasteiger charge is -2.23. The minimum absolute atomic E-state index is 0.206. The van der Waals surface area contributed by atoms with Crippen LogP contribution in [-0.2, 0) is 22.7 Å². The second kappa shape index (κ2) is 9.67. The Morgan fingerprint density at radius 1 is 1.06 bits per heavy atom. The smallest absolute Gasteiger partial charge is 0.314 e.